The van der Waals surface area contributed by atoms with Crippen molar-refractivity contribution >= 4 is 32.9 Å². The van der Waals surface area contributed by atoms with E-state index in [-0.39, 0.29) is 5.75 Å². The summed E-state index contributed by atoms with van der Waals surface area (Å²) in [5.74, 6) is -2.61. The summed E-state index contributed by atoms with van der Waals surface area (Å²) in [7, 11) is 2.29. The second-order valence-electron chi connectivity index (χ2n) is 6.17. The Hall–Kier alpha value is -2.43. The maximum absolute atomic E-state index is 11.6. The van der Waals surface area contributed by atoms with Crippen LogP contribution in [0.4, 0.5) is 0 Å². The molecule has 0 saturated heterocycles. The van der Waals surface area contributed by atoms with Gasteiger partial charge in [-0.15, -0.1) is 0 Å². The molecule has 0 atom stereocenters. The number of nitrogens with zero attached hydrogens (tertiary/aromatic N) is 1. The Kier molecular flexibility index (Phi) is 8.41. The largest absolute Gasteiger partial charge is 0.481 e. The summed E-state index contributed by atoms with van der Waals surface area (Å²) in [4.78, 5) is 24.2. The standard InChI is InChI=1S/C14H21N3O2S.C3H4O4/c1-15-20(18,19)10-11-4-5-14-13(8-11)12(9-16-14)6-7-17(2)3;4-2(5)1-3(6)7/h4-5,8-9,15-16H,6-7,10H2,1-3H3;1H2,(H,4,5)(H,6,7). The number of hydrogen-bond acceptors (Lipinski definition) is 5. The highest BCUT2D eigenvalue weighted by Gasteiger charge is 2.11. The average molecular weight is 399 g/mol. The van der Waals surface area contributed by atoms with E-state index in [1.807, 2.05) is 38.5 Å². The van der Waals surface area contributed by atoms with Crippen LogP contribution in [0.15, 0.2) is 24.4 Å². The number of carboxylic acid groups (broad SMARTS) is 2. The van der Waals surface area contributed by atoms with Crippen molar-refractivity contribution in [1.82, 2.24) is 14.6 Å². The zero-order valence-corrected chi connectivity index (χ0v) is 16.3. The van der Waals surface area contributed by atoms with E-state index in [9.17, 15) is 18.0 Å². The van der Waals surface area contributed by atoms with Crippen LogP contribution in [0.25, 0.3) is 10.9 Å². The maximum Gasteiger partial charge on any atom is 0.314 e. The Bertz CT molecular complexity index is 877. The predicted octanol–water partition coefficient (Wildman–Crippen LogP) is 0.867. The highest BCUT2D eigenvalue weighted by molar-refractivity contribution is 7.88. The van der Waals surface area contributed by atoms with Crippen LogP contribution in [-0.2, 0) is 31.8 Å². The van der Waals surface area contributed by atoms with Gasteiger partial charge in [-0.25, -0.2) is 13.1 Å². The fourth-order valence-electron chi connectivity index (χ4n) is 2.29. The first kappa shape index (κ1) is 22.6. The lowest BCUT2D eigenvalue weighted by molar-refractivity contribution is -0.147. The maximum atomic E-state index is 11.6. The third-order valence-electron chi connectivity index (χ3n) is 3.63. The Labute approximate surface area is 158 Å². The van der Waals surface area contributed by atoms with Crippen LogP contribution in [0.5, 0.6) is 0 Å². The quantitative estimate of drug-likeness (QED) is 0.483. The van der Waals surface area contributed by atoms with Crippen molar-refractivity contribution < 1.29 is 28.2 Å². The minimum absolute atomic E-state index is 0.0116. The number of likely N-dealkylation sites (N-methyl/N-ethyl adjacent to an activating group) is 1. The number of aliphatic carboxylic acids is 2. The number of aromatic amines is 1. The van der Waals surface area contributed by atoms with Crippen molar-refractivity contribution in [3.8, 4) is 0 Å². The summed E-state index contributed by atoms with van der Waals surface area (Å²) in [5.41, 5.74) is 3.07. The normalized spacial score (nSPS) is 11.3. The van der Waals surface area contributed by atoms with Gasteiger partial charge in [-0.2, -0.15) is 0 Å². The molecule has 27 heavy (non-hydrogen) atoms. The van der Waals surface area contributed by atoms with Crippen LogP contribution < -0.4 is 4.72 Å². The molecule has 150 valence electrons. The van der Waals surface area contributed by atoms with E-state index in [0.29, 0.717) is 0 Å². The summed E-state index contributed by atoms with van der Waals surface area (Å²) in [6, 6.07) is 5.75. The summed E-state index contributed by atoms with van der Waals surface area (Å²) in [6.07, 6.45) is 2.14. The molecule has 1 aromatic carbocycles. The van der Waals surface area contributed by atoms with E-state index in [1.54, 1.807) is 0 Å². The van der Waals surface area contributed by atoms with Gasteiger partial charge in [-0.1, -0.05) is 6.07 Å². The minimum Gasteiger partial charge on any atom is -0.481 e. The average Bonchev–Trinajstić information content (AvgIpc) is 2.94. The summed E-state index contributed by atoms with van der Waals surface area (Å²) < 4.78 is 25.6. The fourth-order valence-corrected chi connectivity index (χ4v) is 3.05. The number of hydrogen-bond donors (Lipinski definition) is 4. The van der Waals surface area contributed by atoms with Crippen molar-refractivity contribution in [2.24, 2.45) is 0 Å². The zero-order chi connectivity index (χ0) is 20.6. The smallest absolute Gasteiger partial charge is 0.314 e. The second kappa shape index (κ2) is 10.0. The van der Waals surface area contributed by atoms with Crippen LogP contribution in [-0.4, -0.2) is 68.1 Å². The fraction of sp³-hybridized carbons (Fsp3) is 0.412. The molecule has 0 radical (unpaired) electrons. The van der Waals surface area contributed by atoms with Gasteiger partial charge in [-0.3, -0.25) is 9.59 Å². The molecule has 2 rings (SSSR count). The number of nitrogens with one attached hydrogen (secondary N) is 2. The molecule has 9 nitrogen and oxygen atoms in total. The molecule has 0 unspecified atom stereocenters. The second-order valence-corrected chi connectivity index (χ2v) is 8.10. The van der Waals surface area contributed by atoms with Crippen LogP contribution in [0.1, 0.15) is 17.5 Å². The van der Waals surface area contributed by atoms with E-state index in [0.717, 1.165) is 29.4 Å². The van der Waals surface area contributed by atoms with Gasteiger partial charge < -0.3 is 20.1 Å². The van der Waals surface area contributed by atoms with Crippen LogP contribution in [0, 0.1) is 0 Å². The number of fused-ring (bicyclic) bond motifs is 1. The lowest BCUT2D eigenvalue weighted by atomic mass is 10.1. The summed E-state index contributed by atoms with van der Waals surface area (Å²) in [5, 5.41) is 16.5. The van der Waals surface area contributed by atoms with E-state index >= 15 is 0 Å². The Morgan fingerprint density at radius 3 is 2.30 bits per heavy atom. The van der Waals surface area contributed by atoms with Crippen LogP contribution in [0.3, 0.4) is 0 Å². The molecule has 0 saturated carbocycles. The molecule has 0 amide bonds. The highest BCUT2D eigenvalue weighted by Crippen LogP contribution is 2.21. The predicted molar refractivity (Wildman–Crippen MR) is 102 cm³/mol. The molecule has 2 aromatic rings. The monoisotopic (exact) mass is 399 g/mol. The van der Waals surface area contributed by atoms with Gasteiger partial charge in [0.1, 0.15) is 6.42 Å². The molecule has 0 aliphatic carbocycles. The van der Waals surface area contributed by atoms with Crippen molar-refractivity contribution in [1.29, 1.82) is 0 Å². The van der Waals surface area contributed by atoms with Gasteiger partial charge in [0, 0.05) is 23.6 Å². The van der Waals surface area contributed by atoms with Gasteiger partial charge in [0.25, 0.3) is 0 Å². The van der Waals surface area contributed by atoms with Gasteiger partial charge >= 0.3 is 11.9 Å². The number of benzene rings is 1. The molecule has 10 heteroatoms. The molecule has 0 aliphatic rings. The molecular weight excluding hydrogens is 374 g/mol. The number of carboxylic acids is 2. The molecule has 0 bridgehead atoms. The van der Waals surface area contributed by atoms with E-state index in [4.69, 9.17) is 10.2 Å². The molecule has 0 spiro atoms. The molecule has 1 heterocycles. The first-order valence-electron chi connectivity index (χ1n) is 8.12. The first-order valence-corrected chi connectivity index (χ1v) is 9.77. The third kappa shape index (κ3) is 8.20. The molecular formula is C17H25N3O6S. The first-order chi connectivity index (χ1) is 12.5. The Morgan fingerprint density at radius 2 is 1.81 bits per heavy atom. The lowest BCUT2D eigenvalue weighted by Gasteiger charge is -2.08. The van der Waals surface area contributed by atoms with Crippen molar-refractivity contribution in [2.45, 2.75) is 18.6 Å². The molecule has 1 aromatic heterocycles. The van der Waals surface area contributed by atoms with E-state index in [2.05, 4.69) is 14.6 Å². The lowest BCUT2D eigenvalue weighted by Crippen LogP contribution is -2.20. The van der Waals surface area contributed by atoms with Crippen molar-refractivity contribution in [3.63, 3.8) is 0 Å². The SMILES string of the molecule is CNS(=O)(=O)Cc1ccc2[nH]cc(CCN(C)C)c2c1.O=C(O)CC(=O)O. The molecule has 0 aliphatic heterocycles. The van der Waals surface area contributed by atoms with Gasteiger partial charge in [-0.05, 0) is 50.8 Å². The van der Waals surface area contributed by atoms with Crippen LogP contribution >= 0.6 is 0 Å². The highest BCUT2D eigenvalue weighted by atomic mass is 32.2. The number of aromatic nitrogens is 1. The number of rotatable bonds is 8. The summed E-state index contributed by atoms with van der Waals surface area (Å²) >= 11 is 0. The molecule has 0 fully saturated rings. The summed E-state index contributed by atoms with van der Waals surface area (Å²) in [6.45, 7) is 0.964. The third-order valence-corrected chi connectivity index (χ3v) is 4.97. The topological polar surface area (TPSA) is 140 Å². The van der Waals surface area contributed by atoms with Gasteiger partial charge in [0.2, 0.25) is 10.0 Å². The van der Waals surface area contributed by atoms with Gasteiger partial charge in [0.05, 0.1) is 5.75 Å². The van der Waals surface area contributed by atoms with E-state index < -0.39 is 28.4 Å². The Morgan fingerprint density at radius 1 is 1.19 bits per heavy atom. The van der Waals surface area contributed by atoms with Crippen LogP contribution in [0.2, 0.25) is 0 Å². The zero-order valence-electron chi connectivity index (χ0n) is 15.5. The number of H-pyrrole nitrogens is 1. The van der Waals surface area contributed by atoms with E-state index in [1.165, 1.54) is 12.6 Å². The van der Waals surface area contributed by atoms with Gasteiger partial charge in [0.15, 0.2) is 0 Å². The molecule has 4 N–H and O–H groups in total. The number of carbonyl (C=O) groups is 2. The Balaban J connectivity index is 0.000000445. The number of sulfonamides is 1. The van der Waals surface area contributed by atoms with Crippen molar-refractivity contribution in [3.05, 3.63) is 35.5 Å². The van der Waals surface area contributed by atoms with Crippen molar-refractivity contribution in [2.75, 3.05) is 27.7 Å². The minimum atomic E-state index is -3.23.